The Bertz CT molecular complexity index is 374. The van der Waals surface area contributed by atoms with E-state index in [1.54, 1.807) is 0 Å². The summed E-state index contributed by atoms with van der Waals surface area (Å²) in [5.41, 5.74) is -0.984. The number of guanidine groups is 1. The second-order valence-electron chi connectivity index (χ2n) is 6.46. The number of aliphatic hydroxyl groups excluding tert-OH is 1. The summed E-state index contributed by atoms with van der Waals surface area (Å²) in [6.07, 6.45) is 1.06. The van der Waals surface area contributed by atoms with Gasteiger partial charge in [-0.1, -0.05) is 13.8 Å². The van der Waals surface area contributed by atoms with Crippen LogP contribution in [-0.2, 0) is 4.74 Å². The Morgan fingerprint density at radius 2 is 1.74 bits per heavy atom. The number of hydrogen-bond acceptors (Lipinski definition) is 4. The maximum Gasteiger partial charge on any atom is 0.408 e. The van der Waals surface area contributed by atoms with E-state index in [2.05, 4.69) is 20.9 Å². The van der Waals surface area contributed by atoms with E-state index < -0.39 is 17.2 Å². The molecular weight excluding hydrogens is 296 g/mol. The topological polar surface area (TPSA) is 95.0 Å². The number of carbonyl (C=O) groups is 1. The highest BCUT2D eigenvalue weighted by molar-refractivity contribution is 5.79. The van der Waals surface area contributed by atoms with E-state index in [1.807, 2.05) is 41.5 Å². The highest BCUT2D eigenvalue weighted by Crippen LogP contribution is 2.17. The lowest BCUT2D eigenvalue weighted by Gasteiger charge is -2.32. The van der Waals surface area contributed by atoms with Crippen LogP contribution in [0.4, 0.5) is 4.79 Å². The van der Waals surface area contributed by atoms with Crippen molar-refractivity contribution < 1.29 is 14.6 Å². The van der Waals surface area contributed by atoms with Crippen molar-refractivity contribution in [3.8, 4) is 0 Å². The maximum atomic E-state index is 12.1. The van der Waals surface area contributed by atoms with Crippen molar-refractivity contribution in [2.45, 2.75) is 65.5 Å². The Morgan fingerprint density at radius 3 is 2.17 bits per heavy atom. The molecule has 0 fully saturated rings. The molecule has 7 heteroatoms. The molecule has 0 aromatic carbocycles. The second kappa shape index (κ2) is 10.3. The standard InChI is InChI=1S/C16H34N4O3/c1-7-16(8-2,20-14(22)23-15(4,5)6)12-19-13(17-9-3)18-10-11-21/h21H,7-12H2,1-6H3,(H,20,22)(H2,17,18,19). The van der Waals surface area contributed by atoms with Crippen LogP contribution in [-0.4, -0.2) is 54.5 Å². The lowest BCUT2D eigenvalue weighted by Crippen LogP contribution is -2.52. The molecule has 0 saturated carbocycles. The van der Waals surface area contributed by atoms with Crippen LogP contribution < -0.4 is 16.0 Å². The Hall–Kier alpha value is -1.50. The number of alkyl carbamates (subject to hydrolysis) is 1. The van der Waals surface area contributed by atoms with Gasteiger partial charge in [-0.05, 0) is 40.5 Å². The van der Waals surface area contributed by atoms with E-state index in [0.29, 0.717) is 19.0 Å². The summed E-state index contributed by atoms with van der Waals surface area (Å²) in [7, 11) is 0. The summed E-state index contributed by atoms with van der Waals surface area (Å²) in [5.74, 6) is 0.624. The molecular formula is C16H34N4O3. The number of rotatable bonds is 8. The van der Waals surface area contributed by atoms with E-state index in [-0.39, 0.29) is 6.61 Å². The molecule has 0 heterocycles. The molecule has 0 rings (SSSR count). The summed E-state index contributed by atoms with van der Waals surface area (Å²) >= 11 is 0. The zero-order valence-corrected chi connectivity index (χ0v) is 15.5. The van der Waals surface area contributed by atoms with Gasteiger partial charge < -0.3 is 25.8 Å². The third kappa shape index (κ3) is 9.28. The van der Waals surface area contributed by atoms with Gasteiger partial charge in [-0.15, -0.1) is 0 Å². The fourth-order valence-electron chi connectivity index (χ4n) is 1.96. The fraction of sp³-hybridized carbons (Fsp3) is 0.875. The zero-order valence-electron chi connectivity index (χ0n) is 15.5. The molecule has 0 aromatic rings. The second-order valence-corrected chi connectivity index (χ2v) is 6.46. The first-order valence-corrected chi connectivity index (χ1v) is 8.36. The zero-order chi connectivity index (χ0) is 17.9. The number of ether oxygens (including phenoxy) is 1. The van der Waals surface area contributed by atoms with Gasteiger partial charge in [0.1, 0.15) is 5.60 Å². The Morgan fingerprint density at radius 1 is 1.13 bits per heavy atom. The van der Waals surface area contributed by atoms with Crippen LogP contribution in [0.15, 0.2) is 4.99 Å². The predicted octanol–water partition coefficient (Wildman–Crippen LogP) is 1.62. The van der Waals surface area contributed by atoms with Gasteiger partial charge >= 0.3 is 6.09 Å². The number of nitrogens with zero attached hydrogens (tertiary/aromatic N) is 1. The Labute approximate surface area is 140 Å². The molecule has 0 aliphatic rings. The van der Waals surface area contributed by atoms with Crippen molar-refractivity contribution in [2.75, 3.05) is 26.2 Å². The first-order valence-electron chi connectivity index (χ1n) is 8.36. The van der Waals surface area contributed by atoms with Crippen molar-refractivity contribution in [3.63, 3.8) is 0 Å². The third-order valence-corrected chi connectivity index (χ3v) is 3.41. The van der Waals surface area contributed by atoms with E-state index in [4.69, 9.17) is 9.84 Å². The molecule has 0 spiro atoms. The minimum Gasteiger partial charge on any atom is -0.444 e. The number of aliphatic imine (C=N–C) groups is 1. The lowest BCUT2D eigenvalue weighted by atomic mass is 9.93. The predicted molar refractivity (Wildman–Crippen MR) is 93.7 cm³/mol. The molecule has 0 aliphatic heterocycles. The van der Waals surface area contributed by atoms with Crippen molar-refractivity contribution in [3.05, 3.63) is 0 Å². The van der Waals surface area contributed by atoms with Gasteiger partial charge in [-0.2, -0.15) is 0 Å². The summed E-state index contributed by atoms with van der Waals surface area (Å²) in [5, 5.41) is 18.0. The Balaban J connectivity index is 4.95. The van der Waals surface area contributed by atoms with Crippen molar-refractivity contribution in [2.24, 2.45) is 4.99 Å². The fourth-order valence-corrected chi connectivity index (χ4v) is 1.96. The summed E-state index contributed by atoms with van der Waals surface area (Å²) in [6.45, 7) is 13.1. The van der Waals surface area contributed by atoms with Gasteiger partial charge in [0.2, 0.25) is 0 Å². The molecule has 0 radical (unpaired) electrons. The maximum absolute atomic E-state index is 12.1. The number of hydrogen-bond donors (Lipinski definition) is 4. The van der Waals surface area contributed by atoms with Crippen LogP contribution in [0.2, 0.25) is 0 Å². The number of amides is 1. The van der Waals surface area contributed by atoms with Gasteiger partial charge in [-0.3, -0.25) is 4.99 Å². The van der Waals surface area contributed by atoms with Crippen LogP contribution >= 0.6 is 0 Å². The molecule has 0 unspecified atom stereocenters. The van der Waals surface area contributed by atoms with Crippen molar-refractivity contribution in [1.29, 1.82) is 0 Å². The third-order valence-electron chi connectivity index (χ3n) is 3.41. The van der Waals surface area contributed by atoms with E-state index in [1.165, 1.54) is 0 Å². The smallest absolute Gasteiger partial charge is 0.408 e. The SMILES string of the molecule is CCNC(=NCC(CC)(CC)NC(=O)OC(C)(C)C)NCCO. The lowest BCUT2D eigenvalue weighted by molar-refractivity contribution is 0.0452. The van der Waals surface area contributed by atoms with Crippen LogP contribution in [0.3, 0.4) is 0 Å². The molecule has 0 atom stereocenters. The minimum absolute atomic E-state index is 0.0350. The average Bonchev–Trinajstić information content (AvgIpc) is 2.46. The van der Waals surface area contributed by atoms with Crippen LogP contribution in [0.25, 0.3) is 0 Å². The molecule has 0 bridgehead atoms. The highest BCUT2D eigenvalue weighted by Gasteiger charge is 2.30. The monoisotopic (exact) mass is 330 g/mol. The molecule has 7 nitrogen and oxygen atoms in total. The summed E-state index contributed by atoms with van der Waals surface area (Å²) in [4.78, 5) is 16.6. The van der Waals surface area contributed by atoms with Gasteiger partial charge in [0.05, 0.1) is 18.7 Å². The normalized spacial score (nSPS) is 12.7. The summed E-state index contributed by atoms with van der Waals surface area (Å²) in [6, 6.07) is 0. The van der Waals surface area contributed by atoms with E-state index in [0.717, 1.165) is 19.4 Å². The van der Waals surface area contributed by atoms with Crippen molar-refractivity contribution in [1.82, 2.24) is 16.0 Å². The summed E-state index contributed by atoms with van der Waals surface area (Å²) < 4.78 is 5.35. The Kier molecular flexibility index (Phi) is 9.64. The van der Waals surface area contributed by atoms with Crippen LogP contribution in [0.5, 0.6) is 0 Å². The largest absolute Gasteiger partial charge is 0.444 e. The quantitative estimate of drug-likeness (QED) is 0.401. The first kappa shape index (κ1) is 21.5. The number of carbonyl (C=O) groups excluding carboxylic acids is 1. The van der Waals surface area contributed by atoms with Gasteiger partial charge in [0.25, 0.3) is 0 Å². The molecule has 23 heavy (non-hydrogen) atoms. The van der Waals surface area contributed by atoms with Crippen molar-refractivity contribution >= 4 is 12.1 Å². The van der Waals surface area contributed by atoms with Gasteiger partial charge in [-0.25, -0.2) is 4.79 Å². The number of nitrogens with one attached hydrogen (secondary N) is 3. The van der Waals surface area contributed by atoms with E-state index >= 15 is 0 Å². The van der Waals surface area contributed by atoms with Gasteiger partial charge in [0.15, 0.2) is 5.96 Å². The molecule has 136 valence electrons. The number of aliphatic hydroxyl groups is 1. The minimum atomic E-state index is -0.530. The molecule has 0 aromatic heterocycles. The molecule has 4 N–H and O–H groups in total. The van der Waals surface area contributed by atoms with Gasteiger partial charge in [0, 0.05) is 13.1 Å². The molecule has 1 amide bonds. The molecule has 0 aliphatic carbocycles. The van der Waals surface area contributed by atoms with E-state index in [9.17, 15) is 4.79 Å². The highest BCUT2D eigenvalue weighted by atomic mass is 16.6. The molecule has 0 saturated heterocycles. The first-order chi connectivity index (χ1) is 10.7. The van der Waals surface area contributed by atoms with Crippen LogP contribution in [0.1, 0.15) is 54.4 Å². The average molecular weight is 330 g/mol. The van der Waals surface area contributed by atoms with Crippen LogP contribution in [0, 0.1) is 0 Å².